The van der Waals surface area contributed by atoms with Crippen molar-refractivity contribution in [3.05, 3.63) is 29.8 Å². The number of benzene rings is 1. The first-order valence-corrected chi connectivity index (χ1v) is 5.86. The zero-order chi connectivity index (χ0) is 12.9. The predicted molar refractivity (Wildman–Crippen MR) is 65.2 cm³/mol. The topological polar surface area (TPSA) is 64.9 Å². The van der Waals surface area contributed by atoms with Crippen LogP contribution >= 0.6 is 0 Å². The Hall–Kier alpha value is -1.91. The molecule has 0 radical (unpaired) electrons. The molecule has 1 atom stereocenters. The van der Waals surface area contributed by atoms with Crippen molar-refractivity contribution >= 4 is 5.69 Å². The van der Waals surface area contributed by atoms with Crippen LogP contribution in [0.1, 0.15) is 32.0 Å². The first-order valence-electron chi connectivity index (χ1n) is 5.86. The normalized spacial score (nSPS) is 20.9. The predicted octanol–water partition coefficient (Wildman–Crippen LogP) is 2.97. The van der Waals surface area contributed by atoms with Gasteiger partial charge in [-0.1, -0.05) is 19.0 Å². The fourth-order valence-corrected chi connectivity index (χ4v) is 2.10. The van der Waals surface area contributed by atoms with E-state index in [2.05, 4.69) is 24.0 Å². The van der Waals surface area contributed by atoms with Crippen LogP contribution < -0.4 is 5.73 Å². The van der Waals surface area contributed by atoms with Gasteiger partial charge in [0.1, 0.15) is 5.82 Å². The summed E-state index contributed by atoms with van der Waals surface area (Å²) < 4.78 is 18.8. The molecule has 18 heavy (non-hydrogen) atoms. The summed E-state index contributed by atoms with van der Waals surface area (Å²) in [6.07, 6.45) is 1.04. The first kappa shape index (κ1) is 11.2. The van der Waals surface area contributed by atoms with E-state index in [0.29, 0.717) is 23.0 Å². The summed E-state index contributed by atoms with van der Waals surface area (Å²) in [5.74, 6) is 0.739. The number of hydrogen-bond donors (Lipinski definition) is 1. The highest BCUT2D eigenvalue weighted by Crippen LogP contribution is 2.57. The number of rotatable bonds is 2. The second-order valence-electron chi connectivity index (χ2n) is 5.44. The van der Waals surface area contributed by atoms with Crippen LogP contribution in [-0.2, 0) is 0 Å². The third-order valence-corrected chi connectivity index (χ3v) is 3.49. The molecule has 5 heteroatoms. The lowest BCUT2D eigenvalue weighted by Crippen LogP contribution is -1.92. The van der Waals surface area contributed by atoms with E-state index in [-0.39, 0.29) is 11.3 Å². The van der Waals surface area contributed by atoms with Crippen molar-refractivity contribution < 1.29 is 8.91 Å². The van der Waals surface area contributed by atoms with Crippen molar-refractivity contribution in [2.45, 2.75) is 26.2 Å². The van der Waals surface area contributed by atoms with Gasteiger partial charge in [-0.2, -0.15) is 4.98 Å². The van der Waals surface area contributed by atoms with E-state index in [4.69, 9.17) is 10.3 Å². The summed E-state index contributed by atoms with van der Waals surface area (Å²) in [5, 5.41) is 3.93. The van der Waals surface area contributed by atoms with E-state index in [1.165, 1.54) is 6.07 Å². The fraction of sp³-hybridized carbons (Fsp3) is 0.385. The van der Waals surface area contributed by atoms with E-state index >= 15 is 0 Å². The summed E-state index contributed by atoms with van der Waals surface area (Å²) in [6.45, 7) is 4.30. The summed E-state index contributed by atoms with van der Waals surface area (Å²) in [5.41, 5.74) is 6.39. The van der Waals surface area contributed by atoms with Crippen LogP contribution in [0.25, 0.3) is 11.5 Å². The number of anilines is 1. The van der Waals surface area contributed by atoms with Crippen molar-refractivity contribution in [3.63, 3.8) is 0 Å². The van der Waals surface area contributed by atoms with Gasteiger partial charge in [-0.25, -0.2) is 4.39 Å². The highest BCUT2D eigenvalue weighted by atomic mass is 19.1. The van der Waals surface area contributed by atoms with E-state index < -0.39 is 5.82 Å². The molecule has 1 fully saturated rings. The van der Waals surface area contributed by atoms with Crippen LogP contribution in [0.2, 0.25) is 0 Å². The fourth-order valence-electron chi connectivity index (χ4n) is 2.10. The van der Waals surface area contributed by atoms with Crippen molar-refractivity contribution in [1.29, 1.82) is 0 Å². The Morgan fingerprint density at radius 3 is 2.78 bits per heavy atom. The van der Waals surface area contributed by atoms with Gasteiger partial charge >= 0.3 is 0 Å². The van der Waals surface area contributed by atoms with Crippen LogP contribution in [0.5, 0.6) is 0 Å². The number of aromatic nitrogens is 2. The third kappa shape index (κ3) is 1.75. The van der Waals surface area contributed by atoms with Gasteiger partial charge in [0.25, 0.3) is 5.89 Å². The van der Waals surface area contributed by atoms with E-state index in [9.17, 15) is 4.39 Å². The summed E-state index contributed by atoms with van der Waals surface area (Å²) >= 11 is 0. The Morgan fingerprint density at radius 2 is 2.17 bits per heavy atom. The van der Waals surface area contributed by atoms with Crippen molar-refractivity contribution in [3.8, 4) is 11.5 Å². The average Bonchev–Trinajstić information content (AvgIpc) is 2.74. The maximum absolute atomic E-state index is 13.7. The lowest BCUT2D eigenvalue weighted by atomic mass is 10.1. The van der Waals surface area contributed by atoms with Crippen molar-refractivity contribution in [2.24, 2.45) is 5.41 Å². The molecule has 1 aliphatic carbocycles. The van der Waals surface area contributed by atoms with Gasteiger partial charge in [0.2, 0.25) is 0 Å². The Kier molecular flexibility index (Phi) is 2.20. The number of nitrogens with two attached hydrogens (primary N) is 1. The Bertz CT molecular complexity index is 606. The monoisotopic (exact) mass is 247 g/mol. The molecule has 0 spiro atoms. The summed E-state index contributed by atoms with van der Waals surface area (Å²) in [4.78, 5) is 4.27. The molecule has 1 aromatic heterocycles. The van der Waals surface area contributed by atoms with Crippen LogP contribution in [0, 0.1) is 11.2 Å². The molecule has 1 aromatic carbocycles. The van der Waals surface area contributed by atoms with Gasteiger partial charge < -0.3 is 10.3 Å². The smallest absolute Gasteiger partial charge is 0.260 e. The molecular formula is C13H14FN3O. The minimum absolute atomic E-state index is 0.213. The van der Waals surface area contributed by atoms with E-state index in [0.717, 1.165) is 6.42 Å². The highest BCUT2D eigenvalue weighted by molar-refractivity contribution is 5.58. The molecule has 0 bridgehead atoms. The van der Waals surface area contributed by atoms with Gasteiger partial charge in [0.15, 0.2) is 5.82 Å². The molecule has 3 rings (SSSR count). The molecule has 94 valence electrons. The van der Waals surface area contributed by atoms with Crippen LogP contribution in [0.3, 0.4) is 0 Å². The summed E-state index contributed by atoms with van der Waals surface area (Å²) in [7, 11) is 0. The van der Waals surface area contributed by atoms with Crippen molar-refractivity contribution in [2.75, 3.05) is 5.73 Å². The highest BCUT2D eigenvalue weighted by Gasteiger charge is 2.49. The molecule has 1 unspecified atom stereocenters. The van der Waals surface area contributed by atoms with Crippen molar-refractivity contribution in [1.82, 2.24) is 10.1 Å². The quantitative estimate of drug-likeness (QED) is 0.828. The molecule has 0 amide bonds. The Balaban J connectivity index is 1.94. The lowest BCUT2D eigenvalue weighted by Gasteiger charge is -1.98. The largest absolute Gasteiger partial charge is 0.399 e. The number of halogens is 1. The van der Waals surface area contributed by atoms with E-state index in [1.807, 2.05) is 0 Å². The molecule has 2 aromatic rings. The molecule has 1 saturated carbocycles. The number of nitrogen functional groups attached to an aromatic ring is 1. The zero-order valence-electron chi connectivity index (χ0n) is 10.3. The van der Waals surface area contributed by atoms with Gasteiger partial charge in [0, 0.05) is 11.6 Å². The minimum atomic E-state index is -0.444. The second-order valence-corrected chi connectivity index (χ2v) is 5.44. The van der Waals surface area contributed by atoms with Gasteiger partial charge in [-0.05, 0) is 30.0 Å². The average molecular weight is 247 g/mol. The maximum atomic E-state index is 13.7. The van der Waals surface area contributed by atoms with Crippen LogP contribution in [-0.4, -0.2) is 10.1 Å². The molecule has 4 nitrogen and oxygen atoms in total. The second kappa shape index (κ2) is 3.54. The molecular weight excluding hydrogens is 233 g/mol. The minimum Gasteiger partial charge on any atom is -0.399 e. The van der Waals surface area contributed by atoms with Gasteiger partial charge in [-0.3, -0.25) is 0 Å². The Labute approximate surface area is 104 Å². The van der Waals surface area contributed by atoms with Crippen LogP contribution in [0.4, 0.5) is 10.1 Å². The standard InChI is InChI=1S/C13H14FN3O/c1-13(2)6-9(13)11-16-12(18-17-11)8-4-3-7(15)5-10(8)14/h3-5,9H,6,15H2,1-2H3. The summed E-state index contributed by atoms with van der Waals surface area (Å²) in [6, 6.07) is 4.42. The van der Waals surface area contributed by atoms with E-state index in [1.54, 1.807) is 12.1 Å². The Morgan fingerprint density at radius 1 is 1.44 bits per heavy atom. The molecule has 1 aliphatic rings. The third-order valence-electron chi connectivity index (χ3n) is 3.49. The van der Waals surface area contributed by atoms with Gasteiger partial charge in [-0.15, -0.1) is 0 Å². The van der Waals surface area contributed by atoms with Crippen LogP contribution in [0.15, 0.2) is 22.7 Å². The maximum Gasteiger partial charge on any atom is 0.260 e. The number of hydrogen-bond acceptors (Lipinski definition) is 4. The number of nitrogens with zero attached hydrogens (tertiary/aromatic N) is 2. The zero-order valence-corrected chi connectivity index (χ0v) is 10.3. The first-order chi connectivity index (χ1) is 8.47. The molecule has 1 heterocycles. The SMILES string of the molecule is CC1(C)CC1c1noc(-c2ccc(N)cc2F)n1. The molecule has 0 aliphatic heterocycles. The lowest BCUT2D eigenvalue weighted by molar-refractivity contribution is 0.417. The van der Waals surface area contributed by atoms with Gasteiger partial charge in [0.05, 0.1) is 5.56 Å². The molecule has 2 N–H and O–H groups in total. The molecule has 0 saturated heterocycles.